The Hall–Kier alpha value is -2.36. The summed E-state index contributed by atoms with van der Waals surface area (Å²) in [7, 11) is 0. The van der Waals surface area contributed by atoms with Gasteiger partial charge in [0.05, 0.1) is 11.7 Å². The molecule has 0 aliphatic carbocycles. The van der Waals surface area contributed by atoms with Crippen molar-refractivity contribution in [3.8, 4) is 17.2 Å². The number of anilines is 1. The Balaban J connectivity index is 1.69. The standard InChI is InChI=1S/C16H15NO3/c1-10-6-15-16(20-9-19-15)7-11(10)13-8-18-14-5-3-2-4-12(14)17-13/h2-7,13,17H,8-9H2,1H3. The number of rotatable bonds is 1. The molecule has 2 heterocycles. The fraction of sp³-hybridized carbons (Fsp3) is 0.250. The first kappa shape index (κ1) is 11.5. The molecule has 2 aromatic rings. The molecule has 0 fully saturated rings. The van der Waals surface area contributed by atoms with Gasteiger partial charge in [-0.05, 0) is 42.3 Å². The zero-order chi connectivity index (χ0) is 13.5. The Morgan fingerprint density at radius 1 is 1.00 bits per heavy atom. The highest BCUT2D eigenvalue weighted by Gasteiger charge is 2.24. The molecule has 0 saturated carbocycles. The molecule has 0 saturated heterocycles. The van der Waals surface area contributed by atoms with E-state index < -0.39 is 0 Å². The second kappa shape index (κ2) is 4.34. The van der Waals surface area contributed by atoms with Gasteiger partial charge in [-0.3, -0.25) is 0 Å². The third kappa shape index (κ3) is 1.76. The summed E-state index contributed by atoms with van der Waals surface area (Å²) in [5, 5.41) is 3.52. The van der Waals surface area contributed by atoms with E-state index in [1.807, 2.05) is 36.4 Å². The number of hydrogen-bond donors (Lipinski definition) is 1. The summed E-state index contributed by atoms with van der Waals surface area (Å²) in [5.74, 6) is 2.54. The molecule has 102 valence electrons. The van der Waals surface area contributed by atoms with Crippen LogP contribution in [0.1, 0.15) is 17.2 Å². The zero-order valence-electron chi connectivity index (χ0n) is 11.2. The molecule has 4 nitrogen and oxygen atoms in total. The average Bonchev–Trinajstić information content (AvgIpc) is 2.93. The molecule has 0 aromatic heterocycles. The van der Waals surface area contributed by atoms with Gasteiger partial charge < -0.3 is 19.5 Å². The Morgan fingerprint density at radius 3 is 2.70 bits per heavy atom. The van der Waals surface area contributed by atoms with Crippen LogP contribution in [0.25, 0.3) is 0 Å². The molecule has 4 heteroatoms. The van der Waals surface area contributed by atoms with E-state index in [9.17, 15) is 0 Å². The highest BCUT2D eigenvalue weighted by Crippen LogP contribution is 2.39. The topological polar surface area (TPSA) is 39.7 Å². The summed E-state index contributed by atoms with van der Waals surface area (Å²) >= 11 is 0. The van der Waals surface area contributed by atoms with Gasteiger partial charge >= 0.3 is 0 Å². The van der Waals surface area contributed by atoms with Gasteiger partial charge in [-0.15, -0.1) is 0 Å². The van der Waals surface area contributed by atoms with E-state index in [0.29, 0.717) is 13.4 Å². The number of ether oxygens (including phenoxy) is 3. The fourth-order valence-corrected chi connectivity index (χ4v) is 2.72. The maximum atomic E-state index is 5.83. The quantitative estimate of drug-likeness (QED) is 0.862. The Bertz CT molecular complexity index is 669. The SMILES string of the molecule is Cc1cc2c(cc1C1COc3ccccc3N1)OCO2. The molecular formula is C16H15NO3. The summed E-state index contributed by atoms with van der Waals surface area (Å²) in [4.78, 5) is 0. The van der Waals surface area contributed by atoms with Gasteiger partial charge in [-0.25, -0.2) is 0 Å². The van der Waals surface area contributed by atoms with Crippen LogP contribution < -0.4 is 19.5 Å². The molecule has 1 N–H and O–H groups in total. The van der Waals surface area contributed by atoms with Crippen molar-refractivity contribution in [3.63, 3.8) is 0 Å². The van der Waals surface area contributed by atoms with Crippen molar-refractivity contribution in [1.82, 2.24) is 0 Å². The lowest BCUT2D eigenvalue weighted by Crippen LogP contribution is -2.24. The van der Waals surface area contributed by atoms with Crippen LogP contribution in [0.15, 0.2) is 36.4 Å². The van der Waals surface area contributed by atoms with Crippen molar-refractivity contribution in [2.45, 2.75) is 13.0 Å². The lowest BCUT2D eigenvalue weighted by Gasteiger charge is -2.28. The van der Waals surface area contributed by atoms with Gasteiger partial charge in [0.1, 0.15) is 12.4 Å². The Morgan fingerprint density at radius 2 is 1.80 bits per heavy atom. The summed E-state index contributed by atoms with van der Waals surface area (Å²) in [5.41, 5.74) is 3.39. The van der Waals surface area contributed by atoms with Gasteiger partial charge in [-0.2, -0.15) is 0 Å². The number of hydrogen-bond acceptors (Lipinski definition) is 4. The first-order valence-electron chi connectivity index (χ1n) is 6.70. The first-order valence-corrected chi connectivity index (χ1v) is 6.70. The Kier molecular flexibility index (Phi) is 2.49. The number of para-hydroxylation sites is 2. The van der Waals surface area contributed by atoms with E-state index in [0.717, 1.165) is 22.9 Å². The summed E-state index contributed by atoms with van der Waals surface area (Å²) in [6.45, 7) is 2.99. The first-order chi connectivity index (χ1) is 9.81. The van der Waals surface area contributed by atoms with Gasteiger partial charge in [0.15, 0.2) is 11.5 Å². The third-order valence-electron chi connectivity index (χ3n) is 3.76. The highest BCUT2D eigenvalue weighted by atomic mass is 16.7. The molecule has 0 radical (unpaired) electrons. The van der Waals surface area contributed by atoms with Crippen LogP contribution in [0.5, 0.6) is 17.2 Å². The van der Waals surface area contributed by atoms with Crippen molar-refractivity contribution in [3.05, 3.63) is 47.5 Å². The van der Waals surface area contributed by atoms with E-state index in [1.54, 1.807) is 0 Å². The van der Waals surface area contributed by atoms with Crippen LogP contribution in [0.2, 0.25) is 0 Å². The molecule has 2 aromatic carbocycles. The maximum absolute atomic E-state index is 5.83. The zero-order valence-corrected chi connectivity index (χ0v) is 11.2. The summed E-state index contributed by atoms with van der Waals surface area (Å²) in [6, 6.07) is 12.2. The minimum Gasteiger partial charge on any atom is -0.489 e. The Labute approximate surface area is 117 Å². The fourth-order valence-electron chi connectivity index (χ4n) is 2.72. The van der Waals surface area contributed by atoms with E-state index >= 15 is 0 Å². The van der Waals surface area contributed by atoms with E-state index in [4.69, 9.17) is 14.2 Å². The number of benzene rings is 2. The molecule has 0 spiro atoms. The van der Waals surface area contributed by atoms with Crippen molar-refractivity contribution in [2.75, 3.05) is 18.7 Å². The molecule has 2 aliphatic heterocycles. The van der Waals surface area contributed by atoms with Crippen LogP contribution in [-0.4, -0.2) is 13.4 Å². The largest absolute Gasteiger partial charge is 0.489 e. The minimum absolute atomic E-state index is 0.124. The molecule has 1 atom stereocenters. The van der Waals surface area contributed by atoms with E-state index in [1.165, 1.54) is 11.1 Å². The van der Waals surface area contributed by atoms with Crippen molar-refractivity contribution in [2.24, 2.45) is 0 Å². The molecular weight excluding hydrogens is 254 g/mol. The van der Waals surface area contributed by atoms with Gasteiger partial charge in [0, 0.05) is 0 Å². The number of nitrogens with one attached hydrogen (secondary N) is 1. The van der Waals surface area contributed by atoms with Crippen LogP contribution in [0, 0.1) is 6.92 Å². The van der Waals surface area contributed by atoms with Crippen LogP contribution in [0.4, 0.5) is 5.69 Å². The number of aryl methyl sites for hydroxylation is 1. The smallest absolute Gasteiger partial charge is 0.231 e. The van der Waals surface area contributed by atoms with Gasteiger partial charge in [0.2, 0.25) is 6.79 Å². The van der Waals surface area contributed by atoms with Crippen LogP contribution in [-0.2, 0) is 0 Å². The minimum atomic E-state index is 0.124. The molecule has 1 unspecified atom stereocenters. The summed E-state index contributed by atoms with van der Waals surface area (Å²) < 4.78 is 16.7. The van der Waals surface area contributed by atoms with Crippen LogP contribution in [0.3, 0.4) is 0 Å². The predicted molar refractivity (Wildman–Crippen MR) is 75.6 cm³/mol. The second-order valence-electron chi connectivity index (χ2n) is 5.07. The molecule has 4 rings (SSSR count). The lowest BCUT2D eigenvalue weighted by molar-refractivity contribution is 0.174. The maximum Gasteiger partial charge on any atom is 0.231 e. The van der Waals surface area contributed by atoms with E-state index in [-0.39, 0.29) is 6.04 Å². The molecule has 2 aliphatic rings. The van der Waals surface area contributed by atoms with Gasteiger partial charge in [0.25, 0.3) is 0 Å². The third-order valence-corrected chi connectivity index (χ3v) is 3.76. The number of fused-ring (bicyclic) bond motifs is 2. The monoisotopic (exact) mass is 269 g/mol. The predicted octanol–water partition coefficient (Wildman–Crippen LogP) is 3.27. The van der Waals surface area contributed by atoms with Crippen molar-refractivity contribution < 1.29 is 14.2 Å². The van der Waals surface area contributed by atoms with Crippen molar-refractivity contribution >= 4 is 5.69 Å². The second-order valence-corrected chi connectivity index (χ2v) is 5.07. The highest BCUT2D eigenvalue weighted by molar-refractivity contribution is 5.60. The van der Waals surface area contributed by atoms with Gasteiger partial charge in [-0.1, -0.05) is 12.1 Å². The molecule has 0 amide bonds. The van der Waals surface area contributed by atoms with Crippen LogP contribution >= 0.6 is 0 Å². The molecule has 20 heavy (non-hydrogen) atoms. The van der Waals surface area contributed by atoms with Crippen molar-refractivity contribution in [1.29, 1.82) is 0 Å². The lowest BCUT2D eigenvalue weighted by atomic mass is 9.99. The average molecular weight is 269 g/mol. The normalized spacial score (nSPS) is 18.9. The van der Waals surface area contributed by atoms with E-state index in [2.05, 4.69) is 12.2 Å². The summed E-state index contributed by atoms with van der Waals surface area (Å²) in [6.07, 6.45) is 0. The molecule has 0 bridgehead atoms.